The third kappa shape index (κ3) is 8.93. The molecule has 0 bridgehead atoms. The van der Waals surface area contributed by atoms with Crippen molar-refractivity contribution < 1.29 is 0 Å². The van der Waals surface area contributed by atoms with E-state index in [-0.39, 0.29) is 0 Å². The molecule has 0 radical (unpaired) electrons. The molecule has 0 aliphatic rings. The molecule has 0 aliphatic heterocycles. The van der Waals surface area contributed by atoms with E-state index in [9.17, 15) is 0 Å². The van der Waals surface area contributed by atoms with E-state index in [0.29, 0.717) is 0 Å². The summed E-state index contributed by atoms with van der Waals surface area (Å²) in [6.45, 7) is 17.8. The van der Waals surface area contributed by atoms with Crippen molar-refractivity contribution in [1.82, 2.24) is 28.2 Å². The lowest BCUT2D eigenvalue weighted by Gasteiger charge is -2.31. The standard InChI is InChI=1S/C90H68N6/c1-53-27-35-77-65(43-53)66-44-54(2)28-36-78(66)93(77)87-85(64-51-75(62-21-14-10-15-22-62)92-76(52-64)63-23-16-11-17-24-63)88(94-79-37-29-55(3)45-67(79)68-46-56(4)30-38-80(68)94)90(96-83-41-33-59(7)49-71(83)72-50-60(8)34-42-84(72)96)86(74-26-18-25-73(91-74)61-19-12-9-13-20-61)89(87)95-81-39-31-57(5)47-69(81)70-48-58(6)32-40-82(70)95/h9-52H,1-8H3. The Kier molecular flexibility index (Phi) is 13.0. The van der Waals surface area contributed by atoms with Crippen LogP contribution in [0, 0.1) is 55.4 Å². The predicted octanol–water partition coefficient (Wildman–Crippen LogP) is 23.7. The first kappa shape index (κ1) is 56.9. The molecule has 18 rings (SSSR count). The summed E-state index contributed by atoms with van der Waals surface area (Å²) in [6.07, 6.45) is 0. The van der Waals surface area contributed by atoms with Crippen LogP contribution in [0.2, 0.25) is 0 Å². The van der Waals surface area contributed by atoms with E-state index >= 15 is 0 Å². The first-order valence-corrected chi connectivity index (χ1v) is 33.4. The second kappa shape index (κ2) is 21.9. The molecule has 6 nitrogen and oxygen atoms in total. The highest BCUT2D eigenvalue weighted by atomic mass is 15.1. The summed E-state index contributed by atoms with van der Waals surface area (Å²) in [5.41, 5.74) is 31.6. The highest BCUT2D eigenvalue weighted by Gasteiger charge is 2.37. The smallest absolute Gasteiger partial charge is 0.0827 e. The topological polar surface area (TPSA) is 45.5 Å². The van der Waals surface area contributed by atoms with E-state index in [2.05, 4.69) is 341 Å². The maximum Gasteiger partial charge on any atom is 0.0827 e. The van der Waals surface area contributed by atoms with Crippen LogP contribution in [0.4, 0.5) is 0 Å². The quantitative estimate of drug-likeness (QED) is 0.145. The number of rotatable bonds is 9. The van der Waals surface area contributed by atoms with E-state index < -0.39 is 0 Å². The van der Waals surface area contributed by atoms with Crippen molar-refractivity contribution in [3.05, 3.63) is 311 Å². The van der Waals surface area contributed by atoms with Crippen LogP contribution in [0.25, 0.3) is 166 Å². The molecule has 0 amide bonds. The van der Waals surface area contributed by atoms with Gasteiger partial charge < -0.3 is 18.3 Å². The van der Waals surface area contributed by atoms with Crippen LogP contribution in [0.1, 0.15) is 44.5 Å². The van der Waals surface area contributed by atoms with Gasteiger partial charge in [0.15, 0.2) is 0 Å². The summed E-state index contributed by atoms with van der Waals surface area (Å²) in [5, 5.41) is 9.41. The van der Waals surface area contributed by atoms with Gasteiger partial charge in [0.1, 0.15) is 0 Å². The molecule has 0 unspecified atom stereocenters. The number of hydrogen-bond donors (Lipinski definition) is 0. The number of pyridine rings is 2. The summed E-state index contributed by atoms with van der Waals surface area (Å²) in [4.78, 5) is 11.9. The van der Waals surface area contributed by atoms with Crippen LogP contribution in [0.15, 0.2) is 267 Å². The molecule has 0 atom stereocenters. The maximum absolute atomic E-state index is 6.13. The normalized spacial score (nSPS) is 12.0. The maximum atomic E-state index is 6.13. The number of nitrogens with zero attached hydrogens (tertiary/aromatic N) is 6. The molecule has 0 saturated heterocycles. The Bertz CT molecular complexity index is 5700. The number of hydrogen-bond acceptors (Lipinski definition) is 2. The highest BCUT2D eigenvalue weighted by molar-refractivity contribution is 6.19. The largest absolute Gasteiger partial charge is 0.306 e. The average Bonchev–Trinajstić information content (AvgIpc) is 1.42. The summed E-state index contributed by atoms with van der Waals surface area (Å²) < 4.78 is 10.5. The van der Waals surface area contributed by atoms with Crippen LogP contribution >= 0.6 is 0 Å². The molecule has 18 aromatic rings. The van der Waals surface area contributed by atoms with Crippen LogP contribution in [-0.2, 0) is 0 Å². The lowest BCUT2D eigenvalue weighted by molar-refractivity contribution is 1.04. The third-order valence-corrected chi connectivity index (χ3v) is 19.9. The summed E-state index contributed by atoms with van der Waals surface area (Å²) in [6, 6.07) is 100. The fourth-order valence-electron chi connectivity index (χ4n) is 15.6. The molecule has 0 N–H and O–H groups in total. The Morgan fingerprint density at radius 1 is 0.188 bits per heavy atom. The molecule has 0 spiro atoms. The number of benzene rings is 12. The van der Waals surface area contributed by atoms with Gasteiger partial charge in [0.2, 0.25) is 0 Å². The van der Waals surface area contributed by atoms with Gasteiger partial charge in [-0.25, -0.2) is 9.97 Å². The van der Waals surface area contributed by atoms with Gasteiger partial charge in [-0.1, -0.05) is 190 Å². The molecule has 6 heterocycles. The van der Waals surface area contributed by atoms with Gasteiger partial charge >= 0.3 is 0 Å². The second-order valence-electron chi connectivity index (χ2n) is 26.8. The molecule has 458 valence electrons. The van der Waals surface area contributed by atoms with E-state index in [0.717, 1.165) is 123 Å². The molecular weight excluding hydrogens is 1170 g/mol. The van der Waals surface area contributed by atoms with Gasteiger partial charge in [-0.2, -0.15) is 0 Å². The summed E-state index contributed by atoms with van der Waals surface area (Å²) in [5.74, 6) is 0. The van der Waals surface area contributed by atoms with E-state index in [1.165, 1.54) is 87.6 Å². The van der Waals surface area contributed by atoms with Gasteiger partial charge in [0.25, 0.3) is 0 Å². The fraction of sp³-hybridized carbons (Fsp3) is 0.0889. The van der Waals surface area contributed by atoms with E-state index in [4.69, 9.17) is 9.97 Å². The molecule has 0 aliphatic carbocycles. The van der Waals surface area contributed by atoms with Crippen molar-refractivity contribution >= 4 is 87.2 Å². The lowest BCUT2D eigenvalue weighted by Crippen LogP contribution is -2.16. The van der Waals surface area contributed by atoms with Gasteiger partial charge in [0.05, 0.1) is 95.2 Å². The zero-order valence-electron chi connectivity index (χ0n) is 55.1. The first-order valence-electron chi connectivity index (χ1n) is 33.4. The van der Waals surface area contributed by atoms with Crippen LogP contribution in [0.3, 0.4) is 0 Å². The first-order chi connectivity index (χ1) is 46.9. The Morgan fingerprint density at radius 3 is 0.688 bits per heavy atom. The Hall–Kier alpha value is -11.9. The van der Waals surface area contributed by atoms with Crippen molar-refractivity contribution in [1.29, 1.82) is 0 Å². The zero-order valence-corrected chi connectivity index (χ0v) is 55.1. The van der Waals surface area contributed by atoms with Gasteiger partial charge in [0, 0.05) is 65.3 Å². The Labute approximate surface area is 557 Å². The summed E-state index contributed by atoms with van der Waals surface area (Å²) in [7, 11) is 0. The minimum atomic E-state index is 0.823. The second-order valence-corrected chi connectivity index (χ2v) is 26.8. The van der Waals surface area contributed by atoms with Crippen molar-refractivity contribution in [3.8, 4) is 78.9 Å². The van der Waals surface area contributed by atoms with Crippen molar-refractivity contribution in [2.45, 2.75) is 55.4 Å². The molecule has 6 aromatic heterocycles. The molecule has 0 saturated carbocycles. The molecular formula is C90H68N6. The number of aryl methyl sites for hydroxylation is 8. The van der Waals surface area contributed by atoms with Crippen LogP contribution in [0.5, 0.6) is 0 Å². The Morgan fingerprint density at radius 2 is 0.417 bits per heavy atom. The van der Waals surface area contributed by atoms with Crippen molar-refractivity contribution in [3.63, 3.8) is 0 Å². The van der Waals surface area contributed by atoms with E-state index in [1.54, 1.807) is 0 Å². The van der Waals surface area contributed by atoms with Crippen LogP contribution in [-0.4, -0.2) is 28.2 Å². The SMILES string of the molecule is Cc1ccc2c(c1)c1cc(C)ccc1n2-c1c(-c2cc(-c3ccccc3)nc(-c3ccccc3)c2)c(-n2c3ccc(C)cc3c3cc(C)ccc32)c(-n2c3ccc(C)cc3c3cc(C)ccc32)c(-c2cccc(-c3ccccc3)n2)c1-n1c2ccc(C)cc2c2cc(C)ccc21. The summed E-state index contributed by atoms with van der Waals surface area (Å²) >= 11 is 0. The zero-order chi connectivity index (χ0) is 64.8. The van der Waals surface area contributed by atoms with Crippen molar-refractivity contribution in [2.75, 3.05) is 0 Å². The van der Waals surface area contributed by atoms with Crippen LogP contribution < -0.4 is 0 Å². The molecule has 96 heavy (non-hydrogen) atoms. The van der Waals surface area contributed by atoms with E-state index in [1.807, 2.05) is 0 Å². The van der Waals surface area contributed by atoms with Gasteiger partial charge in [-0.3, -0.25) is 0 Å². The highest BCUT2D eigenvalue weighted by Crippen LogP contribution is 2.55. The number of fused-ring (bicyclic) bond motifs is 12. The average molecular weight is 1230 g/mol. The molecule has 6 heteroatoms. The lowest BCUT2D eigenvalue weighted by atomic mass is 9.90. The van der Waals surface area contributed by atoms with Crippen molar-refractivity contribution in [2.24, 2.45) is 0 Å². The monoisotopic (exact) mass is 1230 g/mol. The van der Waals surface area contributed by atoms with Gasteiger partial charge in [-0.15, -0.1) is 0 Å². The minimum absolute atomic E-state index is 0.823. The Balaban J connectivity index is 1.23. The predicted molar refractivity (Wildman–Crippen MR) is 404 cm³/mol. The third-order valence-electron chi connectivity index (χ3n) is 19.9. The minimum Gasteiger partial charge on any atom is -0.306 e. The molecule has 12 aromatic carbocycles. The molecule has 0 fully saturated rings. The fourth-order valence-corrected chi connectivity index (χ4v) is 15.6. The van der Waals surface area contributed by atoms with Gasteiger partial charge in [-0.05, 0) is 182 Å². The number of aromatic nitrogens is 6.